The van der Waals surface area contributed by atoms with Gasteiger partial charge in [0.25, 0.3) is 0 Å². The highest BCUT2D eigenvalue weighted by molar-refractivity contribution is 6.35. The molecule has 0 fully saturated rings. The fourth-order valence-corrected chi connectivity index (χ4v) is 3.75. The lowest BCUT2D eigenvalue weighted by Gasteiger charge is -2.14. The summed E-state index contributed by atoms with van der Waals surface area (Å²) in [6.07, 6.45) is -4.89. The van der Waals surface area contributed by atoms with Gasteiger partial charge in [-0.3, -0.25) is 4.79 Å². The number of fused-ring (bicyclic) bond motifs is 1. The third-order valence-corrected chi connectivity index (χ3v) is 5.50. The van der Waals surface area contributed by atoms with Crippen molar-refractivity contribution in [2.75, 3.05) is 7.11 Å². The molecule has 0 bridgehead atoms. The van der Waals surface area contributed by atoms with Crippen LogP contribution in [-0.2, 0) is 12.8 Å². The third kappa shape index (κ3) is 4.79. The van der Waals surface area contributed by atoms with E-state index in [2.05, 4.69) is 0 Å². The topological polar surface area (TPSA) is 48.7 Å². The molecule has 0 saturated heterocycles. The first-order chi connectivity index (χ1) is 15.7. The normalized spacial score (nSPS) is 11.6. The van der Waals surface area contributed by atoms with Crippen molar-refractivity contribution in [3.63, 3.8) is 0 Å². The zero-order chi connectivity index (χ0) is 23.8. The van der Waals surface area contributed by atoms with Gasteiger partial charge in [-0.05, 0) is 42.0 Å². The van der Waals surface area contributed by atoms with Gasteiger partial charge in [0, 0.05) is 21.7 Å². The predicted molar refractivity (Wildman–Crippen MR) is 120 cm³/mol. The SMILES string of the molecule is COc1ccc(-c2c(C(F)(F)F)oc3cc(OCc4ccc(Cl)cc4Cl)ccc3c2=O)cc1. The molecule has 0 aliphatic rings. The lowest BCUT2D eigenvalue weighted by atomic mass is 10.0. The van der Waals surface area contributed by atoms with Gasteiger partial charge in [0.05, 0.1) is 18.1 Å². The van der Waals surface area contributed by atoms with Crippen LogP contribution in [0.5, 0.6) is 11.5 Å². The van der Waals surface area contributed by atoms with Crippen LogP contribution in [0.4, 0.5) is 13.2 Å². The molecular weight excluding hydrogens is 480 g/mol. The summed E-state index contributed by atoms with van der Waals surface area (Å²) in [6, 6.07) is 14.7. The van der Waals surface area contributed by atoms with Crippen LogP contribution in [0, 0.1) is 0 Å². The second kappa shape index (κ2) is 9.00. The summed E-state index contributed by atoms with van der Waals surface area (Å²) in [7, 11) is 1.43. The fraction of sp³-hybridized carbons (Fsp3) is 0.125. The van der Waals surface area contributed by atoms with Crippen molar-refractivity contribution >= 4 is 34.2 Å². The van der Waals surface area contributed by atoms with Gasteiger partial charge >= 0.3 is 6.18 Å². The summed E-state index contributed by atoms with van der Waals surface area (Å²) < 4.78 is 57.3. The first kappa shape index (κ1) is 23.0. The fourth-order valence-electron chi connectivity index (χ4n) is 3.28. The van der Waals surface area contributed by atoms with E-state index in [0.29, 0.717) is 21.4 Å². The molecule has 4 nitrogen and oxygen atoms in total. The molecule has 9 heteroatoms. The van der Waals surface area contributed by atoms with Crippen LogP contribution in [-0.4, -0.2) is 7.11 Å². The number of methoxy groups -OCH3 is 1. The van der Waals surface area contributed by atoms with Gasteiger partial charge in [-0.25, -0.2) is 0 Å². The minimum absolute atomic E-state index is 0.00862. The Hall–Kier alpha value is -3.16. The Balaban J connectivity index is 1.76. The van der Waals surface area contributed by atoms with Crippen molar-refractivity contribution in [1.29, 1.82) is 0 Å². The second-order valence-corrected chi connectivity index (χ2v) is 7.89. The van der Waals surface area contributed by atoms with E-state index in [1.165, 1.54) is 49.6 Å². The first-order valence-corrected chi connectivity index (χ1v) is 10.3. The number of alkyl halides is 3. The van der Waals surface area contributed by atoms with Gasteiger partial charge in [-0.1, -0.05) is 41.4 Å². The van der Waals surface area contributed by atoms with E-state index in [1.54, 1.807) is 18.2 Å². The Morgan fingerprint density at radius 1 is 0.939 bits per heavy atom. The molecule has 0 spiro atoms. The molecule has 0 saturated carbocycles. The Labute approximate surface area is 196 Å². The quantitative estimate of drug-likeness (QED) is 0.290. The summed E-state index contributed by atoms with van der Waals surface area (Å²) in [6.45, 7) is 0.0435. The number of halogens is 5. The maximum atomic E-state index is 13.8. The molecular formula is C24H15Cl2F3O4. The van der Waals surface area contributed by atoms with Crippen LogP contribution in [0.2, 0.25) is 10.0 Å². The zero-order valence-corrected chi connectivity index (χ0v) is 18.5. The van der Waals surface area contributed by atoms with Crippen molar-refractivity contribution in [2.45, 2.75) is 12.8 Å². The van der Waals surface area contributed by atoms with Crippen molar-refractivity contribution < 1.29 is 27.1 Å². The van der Waals surface area contributed by atoms with E-state index in [0.717, 1.165) is 0 Å². The van der Waals surface area contributed by atoms with E-state index in [1.807, 2.05) is 0 Å². The highest BCUT2D eigenvalue weighted by Crippen LogP contribution is 2.38. The zero-order valence-electron chi connectivity index (χ0n) is 17.0. The number of hydrogen-bond acceptors (Lipinski definition) is 4. The van der Waals surface area contributed by atoms with Gasteiger partial charge in [0.1, 0.15) is 23.7 Å². The van der Waals surface area contributed by atoms with Crippen molar-refractivity contribution in [1.82, 2.24) is 0 Å². The van der Waals surface area contributed by atoms with Crippen LogP contribution >= 0.6 is 23.2 Å². The largest absolute Gasteiger partial charge is 0.497 e. The van der Waals surface area contributed by atoms with Gasteiger partial charge in [0.15, 0.2) is 0 Å². The van der Waals surface area contributed by atoms with Crippen LogP contribution in [0.3, 0.4) is 0 Å². The monoisotopic (exact) mass is 494 g/mol. The van der Waals surface area contributed by atoms with Gasteiger partial charge in [-0.2, -0.15) is 13.2 Å². The average Bonchev–Trinajstić information content (AvgIpc) is 2.78. The van der Waals surface area contributed by atoms with E-state index < -0.39 is 22.9 Å². The highest BCUT2D eigenvalue weighted by Gasteiger charge is 2.39. The maximum Gasteiger partial charge on any atom is 0.450 e. The highest BCUT2D eigenvalue weighted by atomic mass is 35.5. The molecule has 1 heterocycles. The molecule has 3 aromatic carbocycles. The van der Waals surface area contributed by atoms with Crippen molar-refractivity contribution in [2.24, 2.45) is 0 Å². The summed E-state index contributed by atoms with van der Waals surface area (Å²) in [4.78, 5) is 13.1. The van der Waals surface area contributed by atoms with Crippen molar-refractivity contribution in [3.05, 3.63) is 92.3 Å². The molecule has 0 aliphatic carbocycles. The minimum atomic E-state index is -4.89. The Morgan fingerprint density at radius 2 is 1.64 bits per heavy atom. The lowest BCUT2D eigenvalue weighted by Crippen LogP contribution is -2.16. The summed E-state index contributed by atoms with van der Waals surface area (Å²) in [5, 5.41) is 0.840. The van der Waals surface area contributed by atoms with Crippen molar-refractivity contribution in [3.8, 4) is 22.6 Å². The lowest BCUT2D eigenvalue weighted by molar-refractivity contribution is -0.152. The molecule has 0 unspecified atom stereocenters. The minimum Gasteiger partial charge on any atom is -0.497 e. The number of benzene rings is 3. The van der Waals surface area contributed by atoms with Crippen LogP contribution in [0.15, 0.2) is 69.9 Å². The van der Waals surface area contributed by atoms with Gasteiger partial charge < -0.3 is 13.9 Å². The second-order valence-electron chi connectivity index (χ2n) is 7.04. The molecule has 33 heavy (non-hydrogen) atoms. The van der Waals surface area contributed by atoms with E-state index in [9.17, 15) is 18.0 Å². The third-order valence-electron chi connectivity index (χ3n) is 4.91. The van der Waals surface area contributed by atoms with Crippen LogP contribution in [0.1, 0.15) is 11.3 Å². The smallest absolute Gasteiger partial charge is 0.450 e. The average molecular weight is 495 g/mol. The molecule has 4 rings (SSSR count). The Kier molecular flexibility index (Phi) is 6.28. The van der Waals surface area contributed by atoms with Crippen LogP contribution in [0.25, 0.3) is 22.1 Å². The molecule has 4 aromatic rings. The molecule has 0 atom stereocenters. The standard InChI is InChI=1S/C24H15Cl2F3O4/c1-31-16-6-3-13(4-7-16)21-22(30)18-9-8-17(11-20(18)33-23(21)24(27,28)29)32-12-14-2-5-15(25)10-19(14)26/h2-11H,12H2,1H3. The number of hydrogen-bond donors (Lipinski definition) is 0. The van der Waals surface area contributed by atoms with E-state index in [-0.39, 0.29) is 28.9 Å². The Morgan fingerprint density at radius 3 is 2.27 bits per heavy atom. The summed E-state index contributed by atoms with van der Waals surface area (Å²) in [5.41, 5.74) is -0.922. The number of rotatable bonds is 5. The first-order valence-electron chi connectivity index (χ1n) is 9.56. The van der Waals surface area contributed by atoms with E-state index in [4.69, 9.17) is 37.1 Å². The van der Waals surface area contributed by atoms with Gasteiger partial charge in [0.2, 0.25) is 11.2 Å². The molecule has 0 radical (unpaired) electrons. The Bertz CT molecular complexity index is 1380. The van der Waals surface area contributed by atoms with Gasteiger partial charge in [-0.15, -0.1) is 0 Å². The van der Waals surface area contributed by atoms with Crippen LogP contribution < -0.4 is 14.9 Å². The molecule has 170 valence electrons. The summed E-state index contributed by atoms with van der Waals surface area (Å²) in [5.74, 6) is -0.731. The van der Waals surface area contributed by atoms with E-state index >= 15 is 0 Å². The molecule has 1 aromatic heterocycles. The predicted octanol–water partition coefficient (Wildman–Crippen LogP) is 7.37. The molecule has 0 aliphatic heterocycles. The molecule has 0 amide bonds. The molecule has 0 N–H and O–H groups in total. The number of ether oxygens (including phenoxy) is 2. The maximum absolute atomic E-state index is 13.8. The summed E-state index contributed by atoms with van der Waals surface area (Å²) >= 11 is 12.0.